The van der Waals surface area contributed by atoms with Crippen LogP contribution in [-0.4, -0.2) is 55.3 Å². The first kappa shape index (κ1) is 25.1. The minimum Gasteiger partial charge on any atom is -0.378 e. The summed E-state index contributed by atoms with van der Waals surface area (Å²) in [5.74, 6) is -1.13. The fourth-order valence-corrected chi connectivity index (χ4v) is 3.57. The molecule has 10 nitrogen and oxygen atoms in total. The number of carbonyl (C=O) groups is 2. The Morgan fingerprint density at radius 3 is 2.47 bits per heavy atom. The standard InChI is InChI=1S/C23H26ClN5O5/c1-15(2)21(26-22(30)17-4-6-18(24)7-5-17)23(31)27-25-14-16-3-8-19(20(13-16)29(32)33)28-9-11-34-12-10-28/h3-8,13-15,21H,9-12H2,1-2H3,(H,26,30)(H,27,31)/b25-14-. The third-order valence-corrected chi connectivity index (χ3v) is 5.53. The lowest BCUT2D eigenvalue weighted by molar-refractivity contribution is -0.384. The first-order valence-corrected chi connectivity index (χ1v) is 11.1. The van der Waals surface area contributed by atoms with E-state index in [4.69, 9.17) is 16.3 Å². The molecule has 2 aromatic carbocycles. The lowest BCUT2D eigenvalue weighted by Crippen LogP contribution is -2.48. The van der Waals surface area contributed by atoms with E-state index in [1.807, 2.05) is 4.90 Å². The van der Waals surface area contributed by atoms with Crippen molar-refractivity contribution in [3.63, 3.8) is 0 Å². The zero-order chi connectivity index (χ0) is 24.7. The molecule has 2 N–H and O–H groups in total. The van der Waals surface area contributed by atoms with Crippen LogP contribution >= 0.6 is 11.6 Å². The van der Waals surface area contributed by atoms with E-state index in [2.05, 4.69) is 15.8 Å². The zero-order valence-electron chi connectivity index (χ0n) is 18.9. The van der Waals surface area contributed by atoms with E-state index in [1.165, 1.54) is 12.3 Å². The van der Waals surface area contributed by atoms with Crippen molar-refractivity contribution >= 4 is 41.0 Å². The number of nitro benzene ring substituents is 1. The molecule has 0 bridgehead atoms. The molecular weight excluding hydrogens is 462 g/mol. The van der Waals surface area contributed by atoms with Gasteiger partial charge in [0, 0.05) is 35.3 Å². The number of halogens is 1. The number of ether oxygens (including phenoxy) is 1. The van der Waals surface area contributed by atoms with Crippen LogP contribution in [0.25, 0.3) is 0 Å². The Bertz CT molecular complexity index is 1070. The molecule has 0 saturated carbocycles. The molecule has 2 aromatic rings. The maximum atomic E-state index is 12.6. The first-order valence-electron chi connectivity index (χ1n) is 10.8. The van der Waals surface area contributed by atoms with E-state index in [0.29, 0.717) is 48.1 Å². The molecule has 2 amide bonds. The summed E-state index contributed by atoms with van der Waals surface area (Å²) in [5, 5.41) is 18.7. The molecule has 180 valence electrons. The number of nitro groups is 1. The largest absolute Gasteiger partial charge is 0.378 e. The zero-order valence-corrected chi connectivity index (χ0v) is 19.6. The lowest BCUT2D eigenvalue weighted by Gasteiger charge is -2.28. The molecule has 1 heterocycles. The third kappa shape index (κ3) is 6.52. The van der Waals surface area contributed by atoms with Crippen molar-refractivity contribution in [3.8, 4) is 0 Å². The van der Waals surface area contributed by atoms with Crippen molar-refractivity contribution in [1.82, 2.24) is 10.7 Å². The summed E-state index contributed by atoms with van der Waals surface area (Å²) in [6.07, 6.45) is 1.33. The summed E-state index contributed by atoms with van der Waals surface area (Å²) in [6, 6.07) is 10.2. The van der Waals surface area contributed by atoms with Crippen molar-refractivity contribution in [2.45, 2.75) is 19.9 Å². The van der Waals surface area contributed by atoms with Gasteiger partial charge in [0.05, 0.1) is 24.4 Å². The molecular formula is C23H26ClN5O5. The van der Waals surface area contributed by atoms with Gasteiger partial charge < -0.3 is 15.0 Å². The van der Waals surface area contributed by atoms with Crippen LogP contribution in [0.5, 0.6) is 0 Å². The monoisotopic (exact) mass is 487 g/mol. The van der Waals surface area contributed by atoms with E-state index >= 15 is 0 Å². The van der Waals surface area contributed by atoms with Crippen LogP contribution in [0.4, 0.5) is 11.4 Å². The van der Waals surface area contributed by atoms with Crippen LogP contribution < -0.4 is 15.6 Å². The van der Waals surface area contributed by atoms with Gasteiger partial charge in [0.1, 0.15) is 11.7 Å². The minimum absolute atomic E-state index is 0.0486. The second-order valence-corrected chi connectivity index (χ2v) is 8.48. The fourth-order valence-electron chi connectivity index (χ4n) is 3.44. The predicted molar refractivity (Wildman–Crippen MR) is 129 cm³/mol. The van der Waals surface area contributed by atoms with Gasteiger partial charge in [0.15, 0.2) is 0 Å². The molecule has 1 unspecified atom stereocenters. The summed E-state index contributed by atoms with van der Waals surface area (Å²) < 4.78 is 5.31. The van der Waals surface area contributed by atoms with Crippen LogP contribution in [0.3, 0.4) is 0 Å². The van der Waals surface area contributed by atoms with E-state index < -0.39 is 22.8 Å². The van der Waals surface area contributed by atoms with Crippen molar-refractivity contribution in [2.24, 2.45) is 11.0 Å². The Kier molecular flexibility index (Phi) is 8.55. The normalized spacial score (nSPS) is 14.8. The third-order valence-electron chi connectivity index (χ3n) is 5.28. The molecule has 11 heteroatoms. The summed E-state index contributed by atoms with van der Waals surface area (Å²) in [5.41, 5.74) is 3.70. The Labute approximate surface area is 202 Å². The van der Waals surface area contributed by atoms with E-state index in [0.717, 1.165) is 0 Å². The van der Waals surface area contributed by atoms with Crippen LogP contribution in [0.1, 0.15) is 29.8 Å². The SMILES string of the molecule is CC(C)C(NC(=O)c1ccc(Cl)cc1)C(=O)N/N=C\c1ccc(N2CCOCC2)c([N+](=O)[O-])c1. The average Bonchev–Trinajstić information content (AvgIpc) is 2.83. The molecule has 0 radical (unpaired) electrons. The Hall–Kier alpha value is -3.50. The average molecular weight is 488 g/mol. The minimum atomic E-state index is -0.835. The number of hydrogen-bond acceptors (Lipinski definition) is 7. The number of rotatable bonds is 8. The van der Waals surface area contributed by atoms with Gasteiger partial charge in [-0.25, -0.2) is 5.43 Å². The number of hydrazone groups is 1. The van der Waals surface area contributed by atoms with E-state index in [-0.39, 0.29) is 11.6 Å². The molecule has 3 rings (SSSR count). The topological polar surface area (TPSA) is 126 Å². The summed E-state index contributed by atoms with van der Waals surface area (Å²) in [7, 11) is 0. The second kappa shape index (κ2) is 11.6. The first-order chi connectivity index (χ1) is 16.3. The number of anilines is 1. The van der Waals surface area contributed by atoms with Crippen molar-refractivity contribution in [3.05, 3.63) is 68.7 Å². The maximum Gasteiger partial charge on any atom is 0.293 e. The van der Waals surface area contributed by atoms with Gasteiger partial charge in [-0.3, -0.25) is 19.7 Å². The van der Waals surface area contributed by atoms with Crippen LogP contribution in [-0.2, 0) is 9.53 Å². The Morgan fingerprint density at radius 1 is 1.18 bits per heavy atom. The van der Waals surface area contributed by atoms with Gasteiger partial charge in [-0.2, -0.15) is 5.10 Å². The molecule has 0 aromatic heterocycles. The second-order valence-electron chi connectivity index (χ2n) is 8.04. The molecule has 0 aliphatic carbocycles. The number of amides is 2. The fraction of sp³-hybridized carbons (Fsp3) is 0.348. The highest BCUT2D eigenvalue weighted by molar-refractivity contribution is 6.30. The molecule has 1 atom stereocenters. The number of nitrogens with one attached hydrogen (secondary N) is 2. The number of nitrogens with zero attached hydrogens (tertiary/aromatic N) is 3. The number of morpholine rings is 1. The van der Waals surface area contributed by atoms with Crippen LogP contribution in [0.2, 0.25) is 5.02 Å². The molecule has 1 fully saturated rings. The Morgan fingerprint density at radius 2 is 1.85 bits per heavy atom. The van der Waals surface area contributed by atoms with Crippen molar-refractivity contribution in [2.75, 3.05) is 31.2 Å². The quantitative estimate of drug-likeness (QED) is 0.335. The smallest absolute Gasteiger partial charge is 0.293 e. The highest BCUT2D eigenvalue weighted by Gasteiger charge is 2.25. The molecule has 0 spiro atoms. The maximum absolute atomic E-state index is 12.6. The number of benzene rings is 2. The van der Waals surface area contributed by atoms with Gasteiger partial charge in [-0.05, 0) is 36.2 Å². The molecule has 1 aliphatic rings. The lowest BCUT2D eigenvalue weighted by atomic mass is 10.0. The van der Waals surface area contributed by atoms with Crippen LogP contribution in [0, 0.1) is 16.0 Å². The Balaban J connectivity index is 1.66. The molecule has 34 heavy (non-hydrogen) atoms. The van der Waals surface area contributed by atoms with Gasteiger partial charge >= 0.3 is 0 Å². The van der Waals surface area contributed by atoms with Crippen molar-refractivity contribution in [1.29, 1.82) is 0 Å². The molecule has 1 saturated heterocycles. The highest BCUT2D eigenvalue weighted by atomic mass is 35.5. The van der Waals surface area contributed by atoms with Gasteiger partial charge in [-0.1, -0.05) is 31.5 Å². The summed E-state index contributed by atoms with van der Waals surface area (Å²) in [6.45, 7) is 5.76. The van der Waals surface area contributed by atoms with Crippen molar-refractivity contribution < 1.29 is 19.2 Å². The predicted octanol–water partition coefficient (Wildman–Crippen LogP) is 2.99. The summed E-state index contributed by atoms with van der Waals surface area (Å²) >= 11 is 5.85. The highest BCUT2D eigenvalue weighted by Crippen LogP contribution is 2.29. The van der Waals surface area contributed by atoms with E-state index in [1.54, 1.807) is 50.2 Å². The number of carbonyl (C=O) groups excluding carboxylic acids is 2. The van der Waals surface area contributed by atoms with Gasteiger partial charge in [-0.15, -0.1) is 0 Å². The van der Waals surface area contributed by atoms with E-state index in [9.17, 15) is 19.7 Å². The van der Waals surface area contributed by atoms with Gasteiger partial charge in [0.25, 0.3) is 17.5 Å². The number of hydrogen-bond donors (Lipinski definition) is 2. The molecule has 1 aliphatic heterocycles. The summed E-state index contributed by atoms with van der Waals surface area (Å²) in [4.78, 5) is 38.2. The van der Waals surface area contributed by atoms with Crippen LogP contribution in [0.15, 0.2) is 47.6 Å². The van der Waals surface area contributed by atoms with Gasteiger partial charge in [0.2, 0.25) is 0 Å².